The summed E-state index contributed by atoms with van der Waals surface area (Å²) in [5.74, 6) is -0.646. The molecule has 2 aromatic heterocycles. The van der Waals surface area contributed by atoms with E-state index in [1.54, 1.807) is 30.4 Å². The standard InChI is InChI=1S/C14H11FN4O2/c1-18(12-5-7-17-14-10(12)4-6-16-14)13-3-2-9(19(20)21)8-11(13)15/h2-8H,1H3,(H,16,17). The number of nitro groups is 1. The van der Waals surface area contributed by atoms with Crippen molar-refractivity contribution in [3.05, 3.63) is 58.7 Å². The van der Waals surface area contributed by atoms with Gasteiger partial charge in [-0.1, -0.05) is 0 Å². The molecule has 0 fully saturated rings. The Morgan fingerprint density at radius 1 is 1.29 bits per heavy atom. The largest absolute Gasteiger partial charge is 0.346 e. The van der Waals surface area contributed by atoms with Crippen LogP contribution in [0.2, 0.25) is 0 Å². The molecule has 0 amide bonds. The SMILES string of the molecule is CN(c1ccc([N+](=O)[O-])cc1F)c1ccnc2[nH]ccc12. The monoisotopic (exact) mass is 286 g/mol. The van der Waals surface area contributed by atoms with Crippen LogP contribution in [0.3, 0.4) is 0 Å². The van der Waals surface area contributed by atoms with Gasteiger partial charge < -0.3 is 9.88 Å². The van der Waals surface area contributed by atoms with Crippen LogP contribution in [-0.4, -0.2) is 21.9 Å². The van der Waals surface area contributed by atoms with E-state index in [1.165, 1.54) is 12.1 Å². The van der Waals surface area contributed by atoms with Crippen molar-refractivity contribution in [2.75, 3.05) is 11.9 Å². The average Bonchev–Trinajstić information content (AvgIpc) is 2.94. The topological polar surface area (TPSA) is 75.1 Å². The minimum atomic E-state index is -0.646. The van der Waals surface area contributed by atoms with Gasteiger partial charge in [0.25, 0.3) is 5.69 Å². The van der Waals surface area contributed by atoms with Crippen LogP contribution in [0.15, 0.2) is 42.7 Å². The summed E-state index contributed by atoms with van der Waals surface area (Å²) in [5.41, 5.74) is 1.44. The molecule has 0 aliphatic heterocycles. The summed E-state index contributed by atoms with van der Waals surface area (Å²) in [6, 6.07) is 7.20. The maximum atomic E-state index is 14.1. The van der Waals surface area contributed by atoms with Gasteiger partial charge in [-0.05, 0) is 18.2 Å². The van der Waals surface area contributed by atoms with Crippen molar-refractivity contribution in [1.29, 1.82) is 0 Å². The molecule has 2 heterocycles. The van der Waals surface area contributed by atoms with Crippen molar-refractivity contribution in [2.24, 2.45) is 0 Å². The highest BCUT2D eigenvalue weighted by Gasteiger charge is 2.16. The molecule has 0 atom stereocenters. The van der Waals surface area contributed by atoms with E-state index in [2.05, 4.69) is 9.97 Å². The number of H-pyrrole nitrogens is 1. The first kappa shape index (κ1) is 13.0. The van der Waals surface area contributed by atoms with E-state index in [9.17, 15) is 14.5 Å². The lowest BCUT2D eigenvalue weighted by atomic mass is 10.2. The molecule has 0 spiro atoms. The first-order chi connectivity index (χ1) is 10.1. The molecular weight excluding hydrogens is 275 g/mol. The number of non-ortho nitro benzene ring substituents is 1. The van der Waals surface area contributed by atoms with E-state index in [-0.39, 0.29) is 11.4 Å². The Hall–Kier alpha value is -2.96. The first-order valence-corrected chi connectivity index (χ1v) is 6.17. The lowest BCUT2D eigenvalue weighted by Crippen LogP contribution is -2.11. The number of halogens is 1. The highest BCUT2D eigenvalue weighted by molar-refractivity contribution is 5.91. The Morgan fingerprint density at radius 2 is 2.10 bits per heavy atom. The zero-order valence-electron chi connectivity index (χ0n) is 11.1. The Balaban J connectivity index is 2.08. The predicted molar refractivity (Wildman–Crippen MR) is 77.2 cm³/mol. The molecule has 0 radical (unpaired) electrons. The van der Waals surface area contributed by atoms with Crippen LogP contribution in [0.25, 0.3) is 11.0 Å². The Kier molecular flexibility index (Phi) is 3.02. The van der Waals surface area contributed by atoms with Crippen molar-refractivity contribution < 1.29 is 9.31 Å². The summed E-state index contributed by atoms with van der Waals surface area (Å²) in [7, 11) is 1.70. The number of hydrogen-bond donors (Lipinski definition) is 1. The van der Waals surface area contributed by atoms with Crippen molar-refractivity contribution >= 4 is 28.1 Å². The minimum Gasteiger partial charge on any atom is -0.346 e. The Morgan fingerprint density at radius 3 is 2.81 bits per heavy atom. The fourth-order valence-electron chi connectivity index (χ4n) is 2.25. The van der Waals surface area contributed by atoms with Gasteiger partial charge in [-0.25, -0.2) is 9.37 Å². The molecule has 1 aromatic carbocycles. The first-order valence-electron chi connectivity index (χ1n) is 6.17. The smallest absolute Gasteiger partial charge is 0.272 e. The normalized spacial score (nSPS) is 10.8. The van der Waals surface area contributed by atoms with Gasteiger partial charge in [-0.15, -0.1) is 0 Å². The summed E-state index contributed by atoms with van der Waals surface area (Å²) in [5, 5.41) is 11.5. The number of benzene rings is 1. The molecule has 3 rings (SSSR count). The number of nitrogens with one attached hydrogen (secondary N) is 1. The molecular formula is C14H11FN4O2. The van der Waals surface area contributed by atoms with Crippen molar-refractivity contribution in [3.63, 3.8) is 0 Å². The highest BCUT2D eigenvalue weighted by atomic mass is 19.1. The lowest BCUT2D eigenvalue weighted by molar-refractivity contribution is -0.385. The molecule has 1 N–H and O–H groups in total. The number of fused-ring (bicyclic) bond motifs is 1. The summed E-state index contributed by atoms with van der Waals surface area (Å²) >= 11 is 0. The summed E-state index contributed by atoms with van der Waals surface area (Å²) in [4.78, 5) is 18.8. The van der Waals surface area contributed by atoms with Crippen LogP contribution in [0.4, 0.5) is 21.5 Å². The molecule has 0 aliphatic rings. The van der Waals surface area contributed by atoms with Crippen LogP contribution in [-0.2, 0) is 0 Å². The second-order valence-electron chi connectivity index (χ2n) is 4.52. The molecule has 7 heteroatoms. The molecule has 0 bridgehead atoms. The molecule has 0 saturated heterocycles. The molecule has 0 unspecified atom stereocenters. The third-order valence-electron chi connectivity index (χ3n) is 3.30. The number of nitro benzene ring substituents is 1. The predicted octanol–water partition coefficient (Wildman–Crippen LogP) is 3.38. The molecule has 0 saturated carbocycles. The van der Waals surface area contributed by atoms with Gasteiger partial charge in [0.1, 0.15) is 5.65 Å². The van der Waals surface area contributed by atoms with Gasteiger partial charge in [0.15, 0.2) is 5.82 Å². The third kappa shape index (κ3) is 2.18. The van der Waals surface area contributed by atoms with Crippen LogP contribution < -0.4 is 4.90 Å². The number of rotatable bonds is 3. The lowest BCUT2D eigenvalue weighted by Gasteiger charge is -2.20. The molecule has 106 valence electrons. The molecule has 21 heavy (non-hydrogen) atoms. The van der Waals surface area contributed by atoms with Gasteiger partial charge in [0.05, 0.1) is 22.4 Å². The van der Waals surface area contributed by atoms with E-state index >= 15 is 0 Å². The molecule has 0 aliphatic carbocycles. The maximum Gasteiger partial charge on any atom is 0.272 e. The van der Waals surface area contributed by atoms with E-state index in [0.717, 1.165) is 17.1 Å². The van der Waals surface area contributed by atoms with Gasteiger partial charge >= 0.3 is 0 Å². The highest BCUT2D eigenvalue weighted by Crippen LogP contribution is 2.32. The number of anilines is 2. The molecule has 6 nitrogen and oxygen atoms in total. The third-order valence-corrected chi connectivity index (χ3v) is 3.30. The van der Waals surface area contributed by atoms with Crippen LogP contribution in [0, 0.1) is 15.9 Å². The van der Waals surface area contributed by atoms with E-state index in [4.69, 9.17) is 0 Å². The Labute approximate surface area is 119 Å². The summed E-state index contributed by atoms with van der Waals surface area (Å²) in [6.07, 6.45) is 3.37. The van der Waals surface area contributed by atoms with Gasteiger partial charge in [-0.3, -0.25) is 10.1 Å². The van der Waals surface area contributed by atoms with Gasteiger partial charge in [-0.2, -0.15) is 0 Å². The van der Waals surface area contributed by atoms with Gasteiger partial charge in [0.2, 0.25) is 0 Å². The zero-order chi connectivity index (χ0) is 15.0. The van der Waals surface area contributed by atoms with E-state index < -0.39 is 10.7 Å². The van der Waals surface area contributed by atoms with Crippen LogP contribution in [0.5, 0.6) is 0 Å². The fourth-order valence-corrected chi connectivity index (χ4v) is 2.25. The average molecular weight is 286 g/mol. The van der Waals surface area contributed by atoms with Crippen molar-refractivity contribution in [1.82, 2.24) is 9.97 Å². The minimum absolute atomic E-state index is 0.259. The quantitative estimate of drug-likeness (QED) is 0.591. The summed E-state index contributed by atoms with van der Waals surface area (Å²) in [6.45, 7) is 0. The van der Waals surface area contributed by atoms with Crippen molar-refractivity contribution in [3.8, 4) is 0 Å². The van der Waals surface area contributed by atoms with E-state index in [1.807, 2.05) is 6.07 Å². The van der Waals surface area contributed by atoms with Crippen molar-refractivity contribution in [2.45, 2.75) is 0 Å². The van der Waals surface area contributed by atoms with Gasteiger partial charge in [0, 0.05) is 30.9 Å². The number of nitrogens with zero attached hydrogens (tertiary/aromatic N) is 3. The number of hydrogen-bond acceptors (Lipinski definition) is 4. The number of aromatic amines is 1. The second-order valence-corrected chi connectivity index (χ2v) is 4.52. The number of pyridine rings is 1. The molecule has 3 aromatic rings. The second kappa shape index (κ2) is 4.86. The van der Waals surface area contributed by atoms with E-state index in [0.29, 0.717) is 5.65 Å². The number of aromatic nitrogens is 2. The van der Waals surface area contributed by atoms with Crippen LogP contribution in [0.1, 0.15) is 0 Å². The Bertz CT molecular complexity index is 831. The zero-order valence-corrected chi connectivity index (χ0v) is 11.1. The maximum absolute atomic E-state index is 14.1. The fraction of sp³-hybridized carbons (Fsp3) is 0.0714. The summed E-state index contributed by atoms with van der Waals surface area (Å²) < 4.78 is 14.1. The van der Waals surface area contributed by atoms with Crippen LogP contribution >= 0.6 is 0 Å².